The van der Waals surface area contributed by atoms with Crippen molar-refractivity contribution >= 4 is 29.3 Å². The maximum Gasteiger partial charge on any atom is 0.343 e. The predicted molar refractivity (Wildman–Crippen MR) is 148 cm³/mol. The Labute approximate surface area is 230 Å². The fourth-order valence-corrected chi connectivity index (χ4v) is 4.64. The Balaban J connectivity index is 0. The molecule has 2 aliphatic rings. The largest absolute Gasteiger partial charge is 0.508 e. The van der Waals surface area contributed by atoms with Crippen molar-refractivity contribution in [3.05, 3.63) is 56.9 Å². The molecule has 0 bridgehead atoms. The van der Waals surface area contributed by atoms with Crippen LogP contribution in [0.5, 0.6) is 5.75 Å². The Morgan fingerprint density at radius 2 is 1.74 bits per heavy atom. The molecular formula is C25H38ClN3O10. The number of esters is 1. The molecule has 39 heavy (non-hydrogen) atoms. The number of aliphatic hydroxyl groups is 1. The summed E-state index contributed by atoms with van der Waals surface area (Å²) in [5, 5.41) is 25.7. The lowest BCUT2D eigenvalue weighted by Gasteiger charge is -2.31. The number of aromatic nitrogens is 2. The van der Waals surface area contributed by atoms with E-state index in [2.05, 4.69) is 26.1 Å². The number of carbonyl (C=O) groups is 1. The molecule has 0 aliphatic carbocycles. The van der Waals surface area contributed by atoms with Crippen molar-refractivity contribution in [3.8, 4) is 17.1 Å². The van der Waals surface area contributed by atoms with Gasteiger partial charge in [-0.25, -0.2) is 9.78 Å². The van der Waals surface area contributed by atoms with E-state index in [-0.39, 0.29) is 69.7 Å². The number of pyridine rings is 2. The van der Waals surface area contributed by atoms with Gasteiger partial charge in [-0.1, -0.05) is 6.92 Å². The zero-order valence-electron chi connectivity index (χ0n) is 22.1. The number of nitrogens with zero attached hydrogens (tertiary/aromatic N) is 2. The predicted octanol–water partition coefficient (Wildman–Crippen LogP) is -1.03. The molecule has 0 saturated heterocycles. The van der Waals surface area contributed by atoms with Crippen molar-refractivity contribution in [2.75, 3.05) is 0 Å². The minimum Gasteiger partial charge on any atom is -0.508 e. The van der Waals surface area contributed by atoms with Crippen LogP contribution in [0.3, 0.4) is 0 Å². The Morgan fingerprint density at radius 1 is 1.10 bits per heavy atom. The number of fused-ring (bicyclic) bond motifs is 5. The molecule has 4 heterocycles. The van der Waals surface area contributed by atoms with Gasteiger partial charge < -0.3 is 52.2 Å². The molecule has 0 saturated carbocycles. The number of phenols is 1. The lowest BCUT2D eigenvalue weighted by Crippen LogP contribution is -2.44. The zero-order chi connectivity index (χ0) is 23.7. The summed E-state index contributed by atoms with van der Waals surface area (Å²) in [5.41, 5.74) is 1.83. The van der Waals surface area contributed by atoms with Crippen LogP contribution in [0.2, 0.25) is 0 Å². The normalized spacial score (nSPS) is 16.3. The number of benzene rings is 1. The highest BCUT2D eigenvalue weighted by molar-refractivity contribution is 5.89. The summed E-state index contributed by atoms with van der Waals surface area (Å²) in [6.45, 7) is 8.49. The summed E-state index contributed by atoms with van der Waals surface area (Å²) in [5.74, 6) is -0.550. The summed E-state index contributed by atoms with van der Waals surface area (Å²) in [4.78, 5) is 30.4. The van der Waals surface area contributed by atoms with E-state index in [0.717, 1.165) is 16.5 Å². The van der Waals surface area contributed by atoms with Gasteiger partial charge in [-0.3, -0.25) is 4.79 Å². The Hall–Kier alpha value is -3.14. The average Bonchev–Trinajstić information content (AvgIpc) is 3.12. The van der Waals surface area contributed by atoms with E-state index in [1.165, 1.54) is 0 Å². The summed E-state index contributed by atoms with van der Waals surface area (Å²) < 4.78 is 6.73. The van der Waals surface area contributed by atoms with Crippen LogP contribution in [0.4, 0.5) is 0 Å². The minimum absolute atomic E-state index is 0. The van der Waals surface area contributed by atoms with E-state index < -0.39 is 11.6 Å². The maximum absolute atomic E-state index is 13.3. The molecule has 14 heteroatoms. The lowest BCUT2D eigenvalue weighted by atomic mass is 9.86. The highest BCUT2D eigenvalue weighted by Gasteiger charge is 2.45. The third-order valence-electron chi connectivity index (χ3n) is 6.57. The standard InChI is InChI=1S/C25H27N3O5.ClH.5H2O/c1-5-25(32)17-9-19-21-13(11-28(19)22(30)16(17)12-33-23(25)31)8-14-15(10-26-24(2,3)4)20(29)7-6-18(14)27-21;;;;;;/h6-9,26,29,32H,5,10-12H2,1-4H3;1H;5*1H2. The van der Waals surface area contributed by atoms with Gasteiger partial charge in [0, 0.05) is 34.2 Å². The SMILES string of the molecule is CCC1(O)C(=O)OCc2c1cc1n(c2=O)Cc2cc3c(CNC(C)(C)C)c(O)ccc3nc2-1.Cl.O.O.O.O.O. The topological polar surface area (TPSA) is 271 Å². The number of hydrogen-bond donors (Lipinski definition) is 3. The number of nitrogens with one attached hydrogen (secondary N) is 1. The van der Waals surface area contributed by atoms with E-state index in [1.54, 1.807) is 29.7 Å². The van der Waals surface area contributed by atoms with Crippen LogP contribution in [0.1, 0.15) is 56.4 Å². The van der Waals surface area contributed by atoms with E-state index in [4.69, 9.17) is 9.72 Å². The molecule has 1 aromatic carbocycles. The number of phenolic OH excluding ortho intramolecular Hbond substituents is 1. The van der Waals surface area contributed by atoms with Crippen molar-refractivity contribution in [1.29, 1.82) is 0 Å². The van der Waals surface area contributed by atoms with Gasteiger partial charge in [0.15, 0.2) is 5.60 Å². The Morgan fingerprint density at radius 3 is 2.33 bits per heavy atom. The van der Waals surface area contributed by atoms with Crippen molar-refractivity contribution in [3.63, 3.8) is 0 Å². The van der Waals surface area contributed by atoms with E-state index in [0.29, 0.717) is 41.1 Å². The second-order valence-electron chi connectivity index (χ2n) is 9.83. The van der Waals surface area contributed by atoms with Gasteiger partial charge in [-0.15, -0.1) is 12.4 Å². The fourth-order valence-electron chi connectivity index (χ4n) is 4.64. The minimum atomic E-state index is -1.85. The molecule has 1 unspecified atom stereocenters. The molecule has 2 aromatic heterocycles. The second kappa shape index (κ2) is 12.8. The van der Waals surface area contributed by atoms with Gasteiger partial charge in [0.2, 0.25) is 0 Å². The molecule has 220 valence electrons. The molecular weight excluding hydrogens is 538 g/mol. The first-order valence-corrected chi connectivity index (χ1v) is 11.1. The van der Waals surface area contributed by atoms with Crippen LogP contribution < -0.4 is 10.9 Å². The van der Waals surface area contributed by atoms with Crippen molar-refractivity contribution in [2.24, 2.45) is 0 Å². The van der Waals surface area contributed by atoms with Gasteiger partial charge in [-0.2, -0.15) is 0 Å². The monoisotopic (exact) mass is 575 g/mol. The van der Waals surface area contributed by atoms with Gasteiger partial charge in [0.25, 0.3) is 5.56 Å². The summed E-state index contributed by atoms with van der Waals surface area (Å²) in [6.07, 6.45) is 0.100. The first-order chi connectivity index (χ1) is 15.5. The highest BCUT2D eigenvalue weighted by Crippen LogP contribution is 2.39. The van der Waals surface area contributed by atoms with Crippen LogP contribution in [-0.4, -0.2) is 58.7 Å². The average molecular weight is 576 g/mol. The van der Waals surface area contributed by atoms with Gasteiger partial charge in [0.1, 0.15) is 12.4 Å². The number of rotatable bonds is 3. The van der Waals surface area contributed by atoms with Gasteiger partial charge in [-0.05, 0) is 51.5 Å². The molecule has 0 amide bonds. The summed E-state index contributed by atoms with van der Waals surface area (Å²) >= 11 is 0. The molecule has 1 atom stereocenters. The Bertz CT molecular complexity index is 1400. The smallest absolute Gasteiger partial charge is 0.343 e. The fraction of sp³-hybridized carbons (Fsp3) is 0.400. The molecule has 0 spiro atoms. The molecule has 13 N–H and O–H groups in total. The van der Waals surface area contributed by atoms with Crippen molar-refractivity contribution in [1.82, 2.24) is 14.9 Å². The third-order valence-corrected chi connectivity index (χ3v) is 6.57. The molecule has 5 rings (SSSR count). The number of hydrogen-bond acceptors (Lipinski definition) is 7. The lowest BCUT2D eigenvalue weighted by molar-refractivity contribution is -0.172. The van der Waals surface area contributed by atoms with Crippen LogP contribution in [0, 0.1) is 0 Å². The quantitative estimate of drug-likeness (QED) is 0.255. The van der Waals surface area contributed by atoms with Crippen LogP contribution in [0.25, 0.3) is 22.3 Å². The van der Waals surface area contributed by atoms with E-state index in [9.17, 15) is 19.8 Å². The zero-order valence-corrected chi connectivity index (χ0v) is 22.9. The number of ether oxygens (including phenoxy) is 1. The molecule has 0 radical (unpaired) electrons. The van der Waals surface area contributed by atoms with Crippen molar-refractivity contribution < 1.29 is 47.1 Å². The van der Waals surface area contributed by atoms with E-state index >= 15 is 0 Å². The summed E-state index contributed by atoms with van der Waals surface area (Å²) in [6, 6.07) is 7.05. The number of cyclic esters (lactones) is 1. The van der Waals surface area contributed by atoms with Gasteiger partial charge in [0.05, 0.1) is 29.0 Å². The number of aromatic hydroxyl groups is 1. The molecule has 13 nitrogen and oxygen atoms in total. The third kappa shape index (κ3) is 5.90. The molecule has 3 aromatic rings. The van der Waals surface area contributed by atoms with Crippen LogP contribution in [0.15, 0.2) is 29.1 Å². The first kappa shape index (κ1) is 38.0. The maximum atomic E-state index is 13.3. The number of carbonyl (C=O) groups excluding carboxylic acids is 1. The van der Waals surface area contributed by atoms with Gasteiger partial charge >= 0.3 is 5.97 Å². The van der Waals surface area contributed by atoms with Crippen molar-refractivity contribution in [2.45, 2.75) is 65.0 Å². The van der Waals surface area contributed by atoms with Crippen LogP contribution in [-0.2, 0) is 34.8 Å². The van der Waals surface area contributed by atoms with Crippen LogP contribution >= 0.6 is 12.4 Å². The molecule has 0 fully saturated rings. The highest BCUT2D eigenvalue weighted by atomic mass is 35.5. The van der Waals surface area contributed by atoms with E-state index in [1.807, 2.05) is 6.07 Å². The molecule has 2 aliphatic heterocycles. The Kier molecular flexibility index (Phi) is 12.5. The first-order valence-electron chi connectivity index (χ1n) is 11.1. The summed E-state index contributed by atoms with van der Waals surface area (Å²) in [7, 11) is 0. The number of halogens is 1. The second-order valence-corrected chi connectivity index (χ2v) is 9.83.